The Morgan fingerprint density at radius 2 is 1.60 bits per heavy atom. The molecule has 0 bridgehead atoms. The molecule has 15 heavy (non-hydrogen) atoms. The van der Waals surface area contributed by atoms with Crippen LogP contribution in [0.15, 0.2) is 24.3 Å². The minimum absolute atomic E-state index is 0.360. The first-order chi connectivity index (χ1) is 6.88. The molecule has 0 atom stereocenters. The Bertz CT molecular complexity index is 293. The van der Waals surface area contributed by atoms with E-state index >= 15 is 0 Å². The molecule has 0 amide bonds. The van der Waals surface area contributed by atoms with E-state index in [0.29, 0.717) is 5.41 Å². The minimum atomic E-state index is -0.360. The summed E-state index contributed by atoms with van der Waals surface area (Å²) in [5.41, 5.74) is 13.9. The maximum absolute atomic E-state index is 5.58. The lowest BCUT2D eigenvalue weighted by Gasteiger charge is -2.17. The number of aryl methyl sites for hydroxylation is 1. The molecule has 0 radical (unpaired) electrons. The Morgan fingerprint density at radius 1 is 1.07 bits per heavy atom. The summed E-state index contributed by atoms with van der Waals surface area (Å²) >= 11 is 0. The maximum Gasteiger partial charge on any atom is 0.0784 e. The first kappa shape index (κ1) is 12.2. The number of hydrogen-bond donors (Lipinski definition) is 2. The van der Waals surface area contributed by atoms with Crippen LogP contribution in [0.2, 0.25) is 0 Å². The number of hydrogen-bond acceptors (Lipinski definition) is 2. The molecule has 0 aliphatic heterocycles. The van der Waals surface area contributed by atoms with Gasteiger partial charge in [-0.1, -0.05) is 45.0 Å². The van der Waals surface area contributed by atoms with Crippen LogP contribution >= 0.6 is 0 Å². The van der Waals surface area contributed by atoms with Gasteiger partial charge in [0.25, 0.3) is 0 Å². The summed E-state index contributed by atoms with van der Waals surface area (Å²) in [6.07, 6.45) is 1.95. The highest BCUT2D eigenvalue weighted by molar-refractivity contribution is 5.24. The fourth-order valence-corrected chi connectivity index (χ4v) is 1.43. The van der Waals surface area contributed by atoms with Crippen molar-refractivity contribution in [3.63, 3.8) is 0 Å². The highest BCUT2D eigenvalue weighted by Crippen LogP contribution is 2.21. The summed E-state index contributed by atoms with van der Waals surface area (Å²) in [6.45, 7) is 6.78. The van der Waals surface area contributed by atoms with Crippen molar-refractivity contribution in [3.05, 3.63) is 35.4 Å². The van der Waals surface area contributed by atoms with Crippen molar-refractivity contribution < 1.29 is 0 Å². The maximum atomic E-state index is 5.58. The second-order valence-corrected chi connectivity index (χ2v) is 5.33. The molecule has 1 aromatic carbocycles. The standard InChI is InChI=1S/C13H22N2/c1-13(2,3)9-8-10-4-6-11(7-5-10)12(14)15/h4-7,12H,8-9,14-15H2,1-3H3. The van der Waals surface area contributed by atoms with Crippen molar-refractivity contribution in [1.29, 1.82) is 0 Å². The molecule has 0 unspecified atom stereocenters. The number of nitrogens with two attached hydrogens (primary N) is 2. The molecule has 0 fully saturated rings. The van der Waals surface area contributed by atoms with E-state index in [1.165, 1.54) is 12.0 Å². The van der Waals surface area contributed by atoms with Crippen LogP contribution in [0.3, 0.4) is 0 Å². The third-order valence-electron chi connectivity index (χ3n) is 2.53. The van der Waals surface area contributed by atoms with Gasteiger partial charge in [0, 0.05) is 0 Å². The molecule has 1 rings (SSSR count). The Morgan fingerprint density at radius 3 is 2.00 bits per heavy atom. The van der Waals surface area contributed by atoms with E-state index in [0.717, 1.165) is 12.0 Å². The van der Waals surface area contributed by atoms with Gasteiger partial charge in [-0.05, 0) is 29.4 Å². The first-order valence-corrected chi connectivity index (χ1v) is 5.48. The summed E-state index contributed by atoms with van der Waals surface area (Å²) in [5, 5.41) is 0. The van der Waals surface area contributed by atoms with Gasteiger partial charge in [-0.25, -0.2) is 0 Å². The van der Waals surface area contributed by atoms with Crippen LogP contribution in [0.25, 0.3) is 0 Å². The van der Waals surface area contributed by atoms with Crippen molar-refractivity contribution in [1.82, 2.24) is 0 Å². The normalized spacial score (nSPS) is 12.1. The average molecular weight is 206 g/mol. The van der Waals surface area contributed by atoms with Gasteiger partial charge in [0.2, 0.25) is 0 Å². The highest BCUT2D eigenvalue weighted by Gasteiger charge is 2.09. The van der Waals surface area contributed by atoms with Gasteiger partial charge in [0.1, 0.15) is 0 Å². The second kappa shape index (κ2) is 4.77. The number of benzene rings is 1. The summed E-state index contributed by atoms with van der Waals surface area (Å²) < 4.78 is 0. The van der Waals surface area contributed by atoms with Crippen molar-refractivity contribution in [2.24, 2.45) is 16.9 Å². The summed E-state index contributed by atoms with van der Waals surface area (Å²) in [4.78, 5) is 0. The van der Waals surface area contributed by atoms with Gasteiger partial charge >= 0.3 is 0 Å². The van der Waals surface area contributed by atoms with Crippen LogP contribution in [0.5, 0.6) is 0 Å². The van der Waals surface area contributed by atoms with E-state index in [1.54, 1.807) is 0 Å². The Kier molecular flexibility index (Phi) is 3.89. The molecule has 0 saturated carbocycles. The van der Waals surface area contributed by atoms with Crippen molar-refractivity contribution in [2.75, 3.05) is 0 Å². The van der Waals surface area contributed by atoms with Crippen molar-refractivity contribution in [2.45, 2.75) is 39.8 Å². The van der Waals surface area contributed by atoms with E-state index < -0.39 is 0 Å². The molecule has 0 aliphatic rings. The monoisotopic (exact) mass is 206 g/mol. The molecule has 0 saturated heterocycles. The zero-order valence-corrected chi connectivity index (χ0v) is 9.96. The van der Waals surface area contributed by atoms with Gasteiger partial charge in [0.15, 0.2) is 0 Å². The van der Waals surface area contributed by atoms with E-state index in [-0.39, 0.29) is 6.17 Å². The lowest BCUT2D eigenvalue weighted by atomic mass is 9.88. The van der Waals surface area contributed by atoms with Gasteiger partial charge in [-0.15, -0.1) is 0 Å². The summed E-state index contributed by atoms with van der Waals surface area (Å²) in [6, 6.07) is 8.27. The van der Waals surface area contributed by atoms with E-state index in [2.05, 4.69) is 32.9 Å². The topological polar surface area (TPSA) is 52.0 Å². The zero-order chi connectivity index (χ0) is 11.5. The first-order valence-electron chi connectivity index (χ1n) is 5.48. The fourth-order valence-electron chi connectivity index (χ4n) is 1.43. The predicted octanol–water partition coefficient (Wildman–Crippen LogP) is 2.58. The van der Waals surface area contributed by atoms with Crippen LogP contribution in [0, 0.1) is 5.41 Å². The van der Waals surface area contributed by atoms with Crippen LogP contribution in [-0.2, 0) is 6.42 Å². The lowest BCUT2D eigenvalue weighted by molar-refractivity contribution is 0.378. The summed E-state index contributed by atoms with van der Waals surface area (Å²) in [5.74, 6) is 0. The fraction of sp³-hybridized carbons (Fsp3) is 0.538. The highest BCUT2D eigenvalue weighted by atomic mass is 14.8. The SMILES string of the molecule is CC(C)(C)CCc1ccc(C(N)N)cc1. The molecule has 84 valence electrons. The van der Waals surface area contributed by atoms with Gasteiger partial charge in [-0.3, -0.25) is 0 Å². The largest absolute Gasteiger partial charge is 0.312 e. The Balaban J connectivity index is 2.57. The van der Waals surface area contributed by atoms with Crippen LogP contribution in [0.1, 0.15) is 44.5 Å². The molecular formula is C13H22N2. The van der Waals surface area contributed by atoms with Crippen LogP contribution in [0.4, 0.5) is 0 Å². The van der Waals surface area contributed by atoms with Gasteiger partial charge in [-0.2, -0.15) is 0 Å². The third kappa shape index (κ3) is 4.45. The van der Waals surface area contributed by atoms with E-state index in [1.807, 2.05) is 12.1 Å². The molecule has 0 heterocycles. The smallest absolute Gasteiger partial charge is 0.0784 e. The van der Waals surface area contributed by atoms with Gasteiger partial charge in [0.05, 0.1) is 6.17 Å². The second-order valence-electron chi connectivity index (χ2n) is 5.33. The molecule has 4 N–H and O–H groups in total. The molecule has 0 aliphatic carbocycles. The number of rotatable bonds is 3. The van der Waals surface area contributed by atoms with Crippen molar-refractivity contribution in [3.8, 4) is 0 Å². The molecule has 2 heteroatoms. The van der Waals surface area contributed by atoms with E-state index in [9.17, 15) is 0 Å². The average Bonchev–Trinajstić information content (AvgIpc) is 2.14. The third-order valence-corrected chi connectivity index (χ3v) is 2.53. The molecular weight excluding hydrogens is 184 g/mol. The molecule has 0 spiro atoms. The van der Waals surface area contributed by atoms with Crippen LogP contribution in [-0.4, -0.2) is 0 Å². The summed E-state index contributed by atoms with van der Waals surface area (Å²) in [7, 11) is 0. The molecule has 1 aromatic rings. The zero-order valence-electron chi connectivity index (χ0n) is 9.96. The predicted molar refractivity (Wildman–Crippen MR) is 65.3 cm³/mol. The quantitative estimate of drug-likeness (QED) is 0.747. The van der Waals surface area contributed by atoms with Crippen LogP contribution < -0.4 is 11.5 Å². The minimum Gasteiger partial charge on any atom is -0.312 e. The molecule has 0 aromatic heterocycles. The lowest BCUT2D eigenvalue weighted by Crippen LogP contribution is -2.19. The van der Waals surface area contributed by atoms with E-state index in [4.69, 9.17) is 11.5 Å². The van der Waals surface area contributed by atoms with Crippen molar-refractivity contribution >= 4 is 0 Å². The molecule has 2 nitrogen and oxygen atoms in total. The Hall–Kier alpha value is -0.860. The van der Waals surface area contributed by atoms with Gasteiger partial charge < -0.3 is 11.5 Å². The Labute approximate surface area is 92.7 Å².